The molecule has 0 aromatic heterocycles. The van der Waals surface area contributed by atoms with Gasteiger partial charge < -0.3 is 10.6 Å². The Balaban J connectivity index is 2.29. The number of rotatable bonds is 3. The van der Waals surface area contributed by atoms with Gasteiger partial charge in [0.1, 0.15) is 0 Å². The van der Waals surface area contributed by atoms with E-state index in [-0.39, 0.29) is 11.9 Å². The van der Waals surface area contributed by atoms with E-state index in [1.807, 2.05) is 6.92 Å². The van der Waals surface area contributed by atoms with Gasteiger partial charge in [0.25, 0.3) is 0 Å². The molecule has 76 valence electrons. The van der Waals surface area contributed by atoms with Gasteiger partial charge in [-0.2, -0.15) is 0 Å². The molecule has 0 saturated carbocycles. The molecule has 1 rings (SSSR count). The second kappa shape index (κ2) is 5.22. The second-order valence-electron chi connectivity index (χ2n) is 3.82. The highest BCUT2D eigenvalue weighted by atomic mass is 16.2. The predicted octanol–water partition coefficient (Wildman–Crippen LogP) is 1.04. The van der Waals surface area contributed by atoms with Gasteiger partial charge in [-0.1, -0.05) is 13.3 Å². The van der Waals surface area contributed by atoms with Crippen LogP contribution in [0.4, 0.5) is 0 Å². The molecule has 0 radical (unpaired) electrons. The Labute approximate surface area is 80.3 Å². The Morgan fingerprint density at radius 2 is 2.38 bits per heavy atom. The van der Waals surface area contributed by atoms with Crippen LogP contribution in [0.1, 0.15) is 39.5 Å². The van der Waals surface area contributed by atoms with E-state index in [1.54, 1.807) is 0 Å². The number of nitrogens with one attached hydrogen (secondary N) is 2. The van der Waals surface area contributed by atoms with Crippen LogP contribution >= 0.6 is 0 Å². The maximum atomic E-state index is 11.6. The molecule has 0 aromatic carbocycles. The summed E-state index contributed by atoms with van der Waals surface area (Å²) in [6, 6.07) is 0.360. The van der Waals surface area contributed by atoms with Crippen LogP contribution in [0.3, 0.4) is 0 Å². The molecule has 1 aliphatic heterocycles. The molecule has 13 heavy (non-hydrogen) atoms. The number of hydrogen-bond donors (Lipinski definition) is 2. The van der Waals surface area contributed by atoms with E-state index >= 15 is 0 Å². The molecule has 0 spiro atoms. The number of piperidine rings is 1. The number of amides is 1. The van der Waals surface area contributed by atoms with Gasteiger partial charge in [-0.05, 0) is 32.7 Å². The van der Waals surface area contributed by atoms with Crippen LogP contribution in [0.15, 0.2) is 0 Å². The van der Waals surface area contributed by atoms with Gasteiger partial charge in [-0.3, -0.25) is 4.79 Å². The van der Waals surface area contributed by atoms with Gasteiger partial charge in [-0.15, -0.1) is 0 Å². The third-order valence-electron chi connectivity index (χ3n) is 2.63. The minimum absolute atomic E-state index is 0.0581. The van der Waals surface area contributed by atoms with Crippen molar-refractivity contribution in [3.05, 3.63) is 0 Å². The molecule has 3 nitrogen and oxygen atoms in total. The largest absolute Gasteiger partial charge is 0.352 e. The lowest BCUT2D eigenvalue weighted by molar-refractivity contribution is -0.124. The summed E-state index contributed by atoms with van der Waals surface area (Å²) in [5, 5.41) is 6.23. The van der Waals surface area contributed by atoms with E-state index in [4.69, 9.17) is 0 Å². The van der Waals surface area contributed by atoms with Crippen LogP contribution in [0.25, 0.3) is 0 Å². The summed E-state index contributed by atoms with van der Waals surface area (Å²) in [6.07, 6.45) is 4.36. The monoisotopic (exact) mass is 184 g/mol. The highest BCUT2D eigenvalue weighted by Gasteiger charge is 2.20. The summed E-state index contributed by atoms with van der Waals surface area (Å²) < 4.78 is 0. The molecule has 1 heterocycles. The van der Waals surface area contributed by atoms with Gasteiger partial charge in [0.15, 0.2) is 0 Å². The van der Waals surface area contributed by atoms with Crippen molar-refractivity contribution < 1.29 is 4.79 Å². The fourth-order valence-electron chi connectivity index (χ4n) is 1.52. The fraction of sp³-hybridized carbons (Fsp3) is 0.900. The van der Waals surface area contributed by atoms with E-state index in [0.29, 0.717) is 6.04 Å². The van der Waals surface area contributed by atoms with E-state index in [1.165, 1.54) is 12.8 Å². The number of carbonyl (C=O) groups is 1. The van der Waals surface area contributed by atoms with Crippen LogP contribution in [0.2, 0.25) is 0 Å². The van der Waals surface area contributed by atoms with Gasteiger partial charge in [0.2, 0.25) is 5.91 Å². The Morgan fingerprint density at radius 3 is 2.92 bits per heavy atom. The van der Waals surface area contributed by atoms with Crippen LogP contribution in [0.5, 0.6) is 0 Å². The van der Waals surface area contributed by atoms with Crippen LogP contribution in [-0.4, -0.2) is 24.5 Å². The van der Waals surface area contributed by atoms with Crippen LogP contribution in [-0.2, 0) is 4.79 Å². The first-order valence-corrected chi connectivity index (χ1v) is 5.27. The van der Waals surface area contributed by atoms with Gasteiger partial charge in [-0.25, -0.2) is 0 Å². The summed E-state index contributed by atoms with van der Waals surface area (Å²) in [5.74, 6) is 0.175. The Morgan fingerprint density at radius 1 is 1.62 bits per heavy atom. The van der Waals surface area contributed by atoms with Crippen molar-refractivity contribution >= 4 is 5.91 Å². The van der Waals surface area contributed by atoms with E-state index in [0.717, 1.165) is 19.4 Å². The highest BCUT2D eigenvalue weighted by molar-refractivity contribution is 5.82. The molecule has 2 atom stereocenters. The topological polar surface area (TPSA) is 41.1 Å². The van der Waals surface area contributed by atoms with Crippen LogP contribution in [0, 0.1) is 0 Å². The molecule has 1 aliphatic rings. The quantitative estimate of drug-likeness (QED) is 0.688. The molecule has 1 amide bonds. The average Bonchev–Trinajstić information content (AvgIpc) is 2.19. The minimum atomic E-state index is 0.0581. The van der Waals surface area contributed by atoms with Crippen molar-refractivity contribution in [2.75, 3.05) is 6.54 Å². The highest BCUT2D eigenvalue weighted by Crippen LogP contribution is 2.07. The summed E-state index contributed by atoms with van der Waals surface area (Å²) in [6.45, 7) is 5.11. The maximum absolute atomic E-state index is 11.6. The van der Waals surface area contributed by atoms with Crippen molar-refractivity contribution in [3.8, 4) is 0 Å². The predicted molar refractivity (Wildman–Crippen MR) is 53.5 cm³/mol. The third-order valence-corrected chi connectivity index (χ3v) is 2.63. The van der Waals surface area contributed by atoms with Gasteiger partial charge >= 0.3 is 0 Å². The van der Waals surface area contributed by atoms with Crippen molar-refractivity contribution in [1.29, 1.82) is 0 Å². The smallest absolute Gasteiger partial charge is 0.237 e. The molecule has 3 heteroatoms. The molecule has 1 unspecified atom stereocenters. The van der Waals surface area contributed by atoms with E-state index < -0.39 is 0 Å². The molecular formula is C10H20N2O. The lowest BCUT2D eigenvalue weighted by atomic mass is 10.0. The Kier molecular flexibility index (Phi) is 4.22. The van der Waals surface area contributed by atoms with Gasteiger partial charge in [0.05, 0.1) is 6.04 Å². The van der Waals surface area contributed by atoms with Crippen LogP contribution < -0.4 is 10.6 Å². The maximum Gasteiger partial charge on any atom is 0.237 e. The first kappa shape index (κ1) is 10.5. The minimum Gasteiger partial charge on any atom is -0.352 e. The summed E-state index contributed by atoms with van der Waals surface area (Å²) in [5.41, 5.74) is 0. The summed E-state index contributed by atoms with van der Waals surface area (Å²) in [4.78, 5) is 11.6. The zero-order valence-electron chi connectivity index (χ0n) is 8.60. The van der Waals surface area contributed by atoms with Gasteiger partial charge in [0, 0.05) is 6.04 Å². The average molecular weight is 184 g/mol. The Bertz CT molecular complexity index is 164. The number of carbonyl (C=O) groups excluding carboxylic acids is 1. The van der Waals surface area contributed by atoms with Crippen molar-refractivity contribution in [2.45, 2.75) is 51.6 Å². The lowest BCUT2D eigenvalue weighted by Crippen LogP contribution is -2.48. The Hall–Kier alpha value is -0.570. The third kappa shape index (κ3) is 3.35. The summed E-state index contributed by atoms with van der Waals surface area (Å²) >= 11 is 0. The SMILES string of the molecule is CCC(C)NC(=O)[C@@H]1CCCCN1. The van der Waals surface area contributed by atoms with Crippen molar-refractivity contribution in [2.24, 2.45) is 0 Å². The molecular weight excluding hydrogens is 164 g/mol. The van der Waals surface area contributed by atoms with Crippen molar-refractivity contribution in [1.82, 2.24) is 10.6 Å². The molecule has 2 N–H and O–H groups in total. The molecule has 0 aliphatic carbocycles. The fourth-order valence-corrected chi connectivity index (χ4v) is 1.52. The lowest BCUT2D eigenvalue weighted by Gasteiger charge is -2.24. The molecule has 0 aromatic rings. The summed E-state index contributed by atoms with van der Waals surface area (Å²) in [7, 11) is 0. The van der Waals surface area contributed by atoms with E-state index in [9.17, 15) is 4.79 Å². The molecule has 1 fully saturated rings. The first-order chi connectivity index (χ1) is 6.24. The first-order valence-electron chi connectivity index (χ1n) is 5.27. The van der Waals surface area contributed by atoms with E-state index in [2.05, 4.69) is 17.6 Å². The zero-order chi connectivity index (χ0) is 9.68. The molecule has 0 bridgehead atoms. The second-order valence-corrected chi connectivity index (χ2v) is 3.82. The number of hydrogen-bond acceptors (Lipinski definition) is 2. The van der Waals surface area contributed by atoms with Crippen molar-refractivity contribution in [3.63, 3.8) is 0 Å². The standard InChI is InChI=1S/C10H20N2O/c1-3-8(2)12-10(13)9-6-4-5-7-11-9/h8-9,11H,3-7H2,1-2H3,(H,12,13)/t8?,9-/m0/s1. The zero-order valence-corrected chi connectivity index (χ0v) is 8.60. The normalized spacial score (nSPS) is 25.2. The molecule has 1 saturated heterocycles.